The van der Waals surface area contributed by atoms with Gasteiger partial charge in [-0.25, -0.2) is 0 Å². The van der Waals surface area contributed by atoms with Crippen LogP contribution in [0.5, 0.6) is 0 Å². The first-order valence-electron chi connectivity index (χ1n) is 7.24. The molecule has 3 heteroatoms. The second-order valence-corrected chi connectivity index (χ2v) is 7.35. The summed E-state index contributed by atoms with van der Waals surface area (Å²) in [6.45, 7) is 7.12. The average molecular weight is 256 g/mol. The molecule has 2 rings (SSSR count). The van der Waals surface area contributed by atoms with Crippen LogP contribution in [0.4, 0.5) is 0 Å². The van der Waals surface area contributed by atoms with Gasteiger partial charge in [-0.15, -0.1) is 0 Å². The molecule has 17 heavy (non-hydrogen) atoms. The van der Waals surface area contributed by atoms with E-state index in [0.29, 0.717) is 5.41 Å². The summed E-state index contributed by atoms with van der Waals surface area (Å²) in [6.07, 6.45) is 6.85. The predicted molar refractivity (Wildman–Crippen MR) is 77.5 cm³/mol. The molecule has 0 atom stereocenters. The van der Waals surface area contributed by atoms with Crippen LogP contribution >= 0.6 is 11.8 Å². The van der Waals surface area contributed by atoms with E-state index in [2.05, 4.69) is 23.6 Å². The fraction of sp³-hybridized carbons (Fsp3) is 1.00. The van der Waals surface area contributed by atoms with Crippen LogP contribution in [-0.4, -0.2) is 42.6 Å². The lowest BCUT2D eigenvalue weighted by Gasteiger charge is -2.42. The molecule has 0 aromatic heterocycles. The molecule has 100 valence electrons. The number of hydrogen-bond acceptors (Lipinski definition) is 3. The zero-order valence-electron chi connectivity index (χ0n) is 11.3. The van der Waals surface area contributed by atoms with Crippen LogP contribution in [0.2, 0.25) is 0 Å². The Morgan fingerprint density at radius 2 is 2.00 bits per heavy atom. The van der Waals surface area contributed by atoms with Gasteiger partial charge in [0.05, 0.1) is 0 Å². The van der Waals surface area contributed by atoms with Crippen molar-refractivity contribution in [2.24, 2.45) is 17.1 Å². The summed E-state index contributed by atoms with van der Waals surface area (Å²) < 4.78 is 0. The monoisotopic (exact) mass is 256 g/mol. The normalized spacial score (nSPS) is 36.7. The standard InChI is InChI=1S/C14H28N2S/c1-13-3-5-14(11-15,6-4-13)12-16-7-2-9-17-10-8-16/h13H,2-12,15H2,1H3. The fourth-order valence-electron chi connectivity index (χ4n) is 3.23. The molecular formula is C14H28N2S. The largest absolute Gasteiger partial charge is 0.330 e. The van der Waals surface area contributed by atoms with Crippen molar-refractivity contribution in [1.29, 1.82) is 0 Å². The van der Waals surface area contributed by atoms with E-state index in [4.69, 9.17) is 5.73 Å². The molecule has 1 aliphatic heterocycles. The number of nitrogens with two attached hydrogens (primary N) is 1. The van der Waals surface area contributed by atoms with Crippen LogP contribution in [0.15, 0.2) is 0 Å². The van der Waals surface area contributed by atoms with Crippen molar-refractivity contribution < 1.29 is 0 Å². The highest BCUT2D eigenvalue weighted by atomic mass is 32.2. The van der Waals surface area contributed by atoms with E-state index >= 15 is 0 Å². The number of thioether (sulfide) groups is 1. The van der Waals surface area contributed by atoms with Gasteiger partial charge in [0.15, 0.2) is 0 Å². The van der Waals surface area contributed by atoms with Gasteiger partial charge in [-0.2, -0.15) is 11.8 Å². The molecular weight excluding hydrogens is 228 g/mol. The summed E-state index contributed by atoms with van der Waals surface area (Å²) in [7, 11) is 0. The SMILES string of the molecule is CC1CCC(CN)(CN2CCCSCC2)CC1. The maximum atomic E-state index is 6.11. The molecule has 1 saturated carbocycles. The quantitative estimate of drug-likeness (QED) is 0.841. The molecule has 0 unspecified atom stereocenters. The first-order valence-corrected chi connectivity index (χ1v) is 8.40. The van der Waals surface area contributed by atoms with Gasteiger partial charge in [0, 0.05) is 18.8 Å². The van der Waals surface area contributed by atoms with Crippen LogP contribution in [-0.2, 0) is 0 Å². The highest BCUT2D eigenvalue weighted by molar-refractivity contribution is 7.99. The van der Waals surface area contributed by atoms with Crippen LogP contribution in [0, 0.1) is 11.3 Å². The Morgan fingerprint density at radius 3 is 2.71 bits per heavy atom. The lowest BCUT2D eigenvalue weighted by atomic mass is 9.70. The van der Waals surface area contributed by atoms with Gasteiger partial charge in [-0.3, -0.25) is 0 Å². The van der Waals surface area contributed by atoms with E-state index in [-0.39, 0.29) is 0 Å². The smallest absolute Gasteiger partial charge is 0.00726 e. The van der Waals surface area contributed by atoms with Crippen LogP contribution in [0.1, 0.15) is 39.0 Å². The van der Waals surface area contributed by atoms with Crippen molar-refractivity contribution >= 4 is 11.8 Å². The van der Waals surface area contributed by atoms with Crippen LogP contribution in [0.3, 0.4) is 0 Å². The van der Waals surface area contributed by atoms with Gasteiger partial charge in [0.2, 0.25) is 0 Å². The Bertz CT molecular complexity index is 216. The van der Waals surface area contributed by atoms with Gasteiger partial charge in [-0.1, -0.05) is 19.8 Å². The first-order chi connectivity index (χ1) is 8.24. The van der Waals surface area contributed by atoms with Gasteiger partial charge in [0.1, 0.15) is 0 Å². The van der Waals surface area contributed by atoms with Crippen molar-refractivity contribution in [3.05, 3.63) is 0 Å². The van der Waals surface area contributed by atoms with Crippen molar-refractivity contribution in [1.82, 2.24) is 4.90 Å². The van der Waals surface area contributed by atoms with Gasteiger partial charge >= 0.3 is 0 Å². The highest BCUT2D eigenvalue weighted by Gasteiger charge is 2.34. The molecule has 0 radical (unpaired) electrons. The molecule has 1 saturated heterocycles. The van der Waals surface area contributed by atoms with Gasteiger partial charge in [0.25, 0.3) is 0 Å². The molecule has 1 heterocycles. The molecule has 2 aliphatic rings. The summed E-state index contributed by atoms with van der Waals surface area (Å²) in [4.78, 5) is 2.68. The Kier molecular flexibility index (Phi) is 5.19. The lowest BCUT2D eigenvalue weighted by Crippen LogP contribution is -2.45. The third-order valence-electron chi connectivity index (χ3n) is 4.64. The summed E-state index contributed by atoms with van der Waals surface area (Å²) in [5, 5.41) is 0. The summed E-state index contributed by atoms with van der Waals surface area (Å²) in [6, 6.07) is 0. The van der Waals surface area contributed by atoms with E-state index < -0.39 is 0 Å². The van der Waals surface area contributed by atoms with Gasteiger partial charge in [-0.05, 0) is 49.4 Å². The lowest BCUT2D eigenvalue weighted by molar-refractivity contribution is 0.0990. The third kappa shape index (κ3) is 3.87. The van der Waals surface area contributed by atoms with E-state index in [1.54, 1.807) is 0 Å². The molecule has 0 aromatic carbocycles. The van der Waals surface area contributed by atoms with E-state index in [1.165, 1.54) is 63.2 Å². The molecule has 2 fully saturated rings. The molecule has 2 N–H and O–H groups in total. The van der Waals surface area contributed by atoms with E-state index in [0.717, 1.165) is 12.5 Å². The van der Waals surface area contributed by atoms with E-state index in [1.807, 2.05) is 0 Å². The molecule has 0 bridgehead atoms. The van der Waals surface area contributed by atoms with Crippen molar-refractivity contribution in [2.45, 2.75) is 39.0 Å². The molecule has 2 nitrogen and oxygen atoms in total. The summed E-state index contributed by atoms with van der Waals surface area (Å²) in [5.74, 6) is 3.59. The second kappa shape index (κ2) is 6.44. The predicted octanol–water partition coefficient (Wildman–Crippen LogP) is 2.58. The Hall–Kier alpha value is 0.270. The topological polar surface area (TPSA) is 29.3 Å². The minimum Gasteiger partial charge on any atom is -0.330 e. The summed E-state index contributed by atoms with van der Waals surface area (Å²) >= 11 is 2.12. The Balaban J connectivity index is 1.89. The number of hydrogen-bond donors (Lipinski definition) is 1. The number of nitrogens with zero attached hydrogens (tertiary/aromatic N) is 1. The Morgan fingerprint density at radius 1 is 1.24 bits per heavy atom. The van der Waals surface area contributed by atoms with Gasteiger partial charge < -0.3 is 10.6 Å². The molecule has 0 amide bonds. The maximum Gasteiger partial charge on any atom is 0.00726 e. The minimum absolute atomic E-state index is 0.446. The molecule has 1 aliphatic carbocycles. The minimum atomic E-state index is 0.446. The molecule has 0 spiro atoms. The first kappa shape index (κ1) is 13.7. The molecule has 0 aromatic rings. The van der Waals surface area contributed by atoms with Crippen molar-refractivity contribution in [3.8, 4) is 0 Å². The van der Waals surface area contributed by atoms with Crippen LogP contribution < -0.4 is 5.73 Å². The Labute approximate surface area is 111 Å². The second-order valence-electron chi connectivity index (χ2n) is 6.13. The third-order valence-corrected chi connectivity index (χ3v) is 5.69. The van der Waals surface area contributed by atoms with Crippen molar-refractivity contribution in [2.75, 3.05) is 37.7 Å². The van der Waals surface area contributed by atoms with E-state index in [9.17, 15) is 0 Å². The average Bonchev–Trinajstić information content (AvgIpc) is 2.61. The highest BCUT2D eigenvalue weighted by Crippen LogP contribution is 2.38. The van der Waals surface area contributed by atoms with Crippen molar-refractivity contribution in [3.63, 3.8) is 0 Å². The summed E-state index contributed by atoms with van der Waals surface area (Å²) in [5.41, 5.74) is 6.55. The zero-order valence-corrected chi connectivity index (χ0v) is 12.1. The zero-order chi connectivity index (χ0) is 12.1. The number of rotatable bonds is 3. The fourth-order valence-corrected chi connectivity index (χ4v) is 4.16. The maximum absolute atomic E-state index is 6.11. The van der Waals surface area contributed by atoms with Crippen LogP contribution in [0.25, 0.3) is 0 Å².